The van der Waals surface area contributed by atoms with Gasteiger partial charge in [-0.3, -0.25) is 0 Å². The average molecular weight is 176 g/mol. The number of carboxylic acid groups (broad SMARTS) is 1. The molecule has 2 N–H and O–H groups in total. The summed E-state index contributed by atoms with van der Waals surface area (Å²) >= 11 is 0. The molecule has 0 amide bonds. The van der Waals surface area contributed by atoms with E-state index in [1.165, 1.54) is 0 Å². The number of benzene rings is 1. The molecule has 12 heavy (non-hydrogen) atoms. The Labute approximate surface area is 92.3 Å². The van der Waals surface area contributed by atoms with Gasteiger partial charge in [0.1, 0.15) is 0 Å². The third-order valence-corrected chi connectivity index (χ3v) is 1.35. The van der Waals surface area contributed by atoms with Gasteiger partial charge >= 0.3 is 35.5 Å². The second-order valence-electron chi connectivity index (χ2n) is 2.15. The van der Waals surface area contributed by atoms with E-state index >= 15 is 0 Å². The summed E-state index contributed by atoms with van der Waals surface area (Å²) in [5.41, 5.74) is 0.403. The van der Waals surface area contributed by atoms with Crippen molar-refractivity contribution in [3.63, 3.8) is 0 Å². The van der Waals surface area contributed by atoms with Crippen LogP contribution in [0.3, 0.4) is 0 Å². The standard InChI is InChI=1S/C8H8O3.Na.H/c9-7(8(10)11)6-4-2-1-3-5-6;;/h1-5,7,9H,(H,10,11);;. The molecule has 0 aliphatic carbocycles. The van der Waals surface area contributed by atoms with E-state index < -0.39 is 12.1 Å². The van der Waals surface area contributed by atoms with Gasteiger partial charge in [0.15, 0.2) is 6.10 Å². The number of aliphatic hydroxyl groups is 1. The fraction of sp³-hybridized carbons (Fsp3) is 0.125. The molecule has 0 saturated carbocycles. The first-order valence-corrected chi connectivity index (χ1v) is 3.17. The SMILES string of the molecule is O=C(O)C(O)c1ccccc1.[NaH]. The first-order valence-electron chi connectivity index (χ1n) is 3.17. The normalized spacial score (nSPS) is 11.4. The summed E-state index contributed by atoms with van der Waals surface area (Å²) in [5, 5.41) is 17.4. The van der Waals surface area contributed by atoms with Crippen LogP contribution in [0.1, 0.15) is 11.7 Å². The van der Waals surface area contributed by atoms with Crippen LogP contribution in [0.15, 0.2) is 30.3 Å². The second kappa shape index (κ2) is 5.32. The number of hydrogen-bond donors (Lipinski definition) is 2. The van der Waals surface area contributed by atoms with E-state index in [0.29, 0.717) is 5.56 Å². The zero-order chi connectivity index (χ0) is 8.27. The molecular formula is C8H9NaO3. The fourth-order valence-corrected chi connectivity index (χ4v) is 0.778. The summed E-state index contributed by atoms with van der Waals surface area (Å²) in [6.45, 7) is 0. The van der Waals surface area contributed by atoms with Gasteiger partial charge in [0.25, 0.3) is 0 Å². The molecule has 0 spiro atoms. The van der Waals surface area contributed by atoms with Crippen molar-refractivity contribution in [1.82, 2.24) is 0 Å². The summed E-state index contributed by atoms with van der Waals surface area (Å²) in [6, 6.07) is 8.26. The Morgan fingerprint density at radius 2 is 1.75 bits per heavy atom. The van der Waals surface area contributed by atoms with E-state index in [0.717, 1.165) is 0 Å². The van der Waals surface area contributed by atoms with Crippen molar-refractivity contribution >= 4 is 35.5 Å². The van der Waals surface area contributed by atoms with Crippen molar-refractivity contribution < 1.29 is 15.0 Å². The summed E-state index contributed by atoms with van der Waals surface area (Å²) in [5.74, 6) is -1.23. The molecule has 3 nitrogen and oxygen atoms in total. The van der Waals surface area contributed by atoms with E-state index in [2.05, 4.69) is 0 Å². The van der Waals surface area contributed by atoms with Gasteiger partial charge in [0.05, 0.1) is 0 Å². The molecule has 1 rings (SSSR count). The van der Waals surface area contributed by atoms with Crippen molar-refractivity contribution in [3.8, 4) is 0 Å². The van der Waals surface area contributed by atoms with Crippen LogP contribution in [0.5, 0.6) is 0 Å². The van der Waals surface area contributed by atoms with Crippen LogP contribution < -0.4 is 0 Å². The summed E-state index contributed by atoms with van der Waals surface area (Å²) in [4.78, 5) is 10.2. The molecule has 1 atom stereocenters. The van der Waals surface area contributed by atoms with Gasteiger partial charge in [-0.15, -0.1) is 0 Å². The predicted molar refractivity (Wildman–Crippen MR) is 46.2 cm³/mol. The second-order valence-corrected chi connectivity index (χ2v) is 2.15. The van der Waals surface area contributed by atoms with E-state index in [4.69, 9.17) is 10.2 Å². The maximum atomic E-state index is 10.2. The quantitative estimate of drug-likeness (QED) is 0.631. The van der Waals surface area contributed by atoms with Crippen LogP contribution in [0.25, 0.3) is 0 Å². The number of rotatable bonds is 2. The monoisotopic (exact) mass is 176 g/mol. The van der Waals surface area contributed by atoms with Crippen molar-refractivity contribution in [3.05, 3.63) is 35.9 Å². The summed E-state index contributed by atoms with van der Waals surface area (Å²) in [6.07, 6.45) is -1.41. The van der Waals surface area contributed by atoms with E-state index in [1.54, 1.807) is 30.3 Å². The molecule has 0 aromatic heterocycles. The molecule has 0 bridgehead atoms. The number of hydrogen-bond acceptors (Lipinski definition) is 2. The summed E-state index contributed by atoms with van der Waals surface area (Å²) < 4.78 is 0. The minimum atomic E-state index is -1.41. The number of aliphatic hydroxyl groups excluding tert-OH is 1. The molecule has 60 valence electrons. The van der Waals surface area contributed by atoms with Gasteiger partial charge < -0.3 is 10.2 Å². The fourth-order valence-electron chi connectivity index (χ4n) is 0.778. The zero-order valence-electron chi connectivity index (χ0n) is 5.77. The van der Waals surface area contributed by atoms with Gasteiger partial charge in [-0.25, -0.2) is 4.79 Å². The van der Waals surface area contributed by atoms with Crippen molar-refractivity contribution in [2.75, 3.05) is 0 Å². The topological polar surface area (TPSA) is 57.5 Å². The van der Waals surface area contributed by atoms with Crippen LogP contribution in [0.4, 0.5) is 0 Å². The molecule has 1 unspecified atom stereocenters. The van der Waals surface area contributed by atoms with Gasteiger partial charge in [-0.2, -0.15) is 0 Å². The first-order chi connectivity index (χ1) is 5.22. The Morgan fingerprint density at radius 1 is 1.25 bits per heavy atom. The summed E-state index contributed by atoms with van der Waals surface area (Å²) in [7, 11) is 0. The molecule has 0 aliphatic rings. The van der Waals surface area contributed by atoms with Gasteiger partial charge in [0.2, 0.25) is 0 Å². The Bertz CT molecular complexity index is 248. The molecule has 0 radical (unpaired) electrons. The van der Waals surface area contributed by atoms with E-state index in [1.807, 2.05) is 0 Å². The number of aliphatic carboxylic acids is 1. The molecule has 0 aliphatic heterocycles. The van der Waals surface area contributed by atoms with Crippen LogP contribution in [0.2, 0.25) is 0 Å². The van der Waals surface area contributed by atoms with Crippen LogP contribution in [-0.2, 0) is 4.79 Å². The van der Waals surface area contributed by atoms with Crippen molar-refractivity contribution in [2.45, 2.75) is 6.10 Å². The molecular weight excluding hydrogens is 167 g/mol. The molecule has 0 fully saturated rings. The Balaban J connectivity index is 0.00000121. The van der Waals surface area contributed by atoms with Gasteiger partial charge in [-0.05, 0) is 5.56 Å². The van der Waals surface area contributed by atoms with Crippen LogP contribution in [0, 0.1) is 0 Å². The average Bonchev–Trinajstić information content (AvgIpc) is 2.05. The van der Waals surface area contributed by atoms with E-state index in [-0.39, 0.29) is 29.6 Å². The molecule has 0 saturated heterocycles. The Hall–Kier alpha value is -0.350. The van der Waals surface area contributed by atoms with Crippen molar-refractivity contribution in [1.29, 1.82) is 0 Å². The maximum absolute atomic E-state index is 10.2. The molecule has 1 aromatic carbocycles. The third-order valence-electron chi connectivity index (χ3n) is 1.35. The first kappa shape index (κ1) is 11.6. The predicted octanol–water partition coefficient (Wildman–Crippen LogP) is 0.156. The van der Waals surface area contributed by atoms with Crippen LogP contribution >= 0.6 is 0 Å². The third kappa shape index (κ3) is 2.95. The Morgan fingerprint density at radius 3 is 2.17 bits per heavy atom. The van der Waals surface area contributed by atoms with Gasteiger partial charge in [0, 0.05) is 0 Å². The molecule has 0 heterocycles. The number of carboxylic acids is 1. The minimum absolute atomic E-state index is 0. The number of carbonyl (C=O) groups is 1. The zero-order valence-corrected chi connectivity index (χ0v) is 5.77. The molecule has 1 aromatic rings. The molecule has 4 heteroatoms. The Kier molecular flexibility index (Phi) is 5.17. The van der Waals surface area contributed by atoms with Gasteiger partial charge in [-0.1, -0.05) is 30.3 Å². The van der Waals surface area contributed by atoms with Crippen LogP contribution in [-0.4, -0.2) is 45.7 Å². The van der Waals surface area contributed by atoms with Crippen molar-refractivity contribution in [2.24, 2.45) is 0 Å². The van der Waals surface area contributed by atoms with E-state index in [9.17, 15) is 4.79 Å².